The summed E-state index contributed by atoms with van der Waals surface area (Å²) >= 11 is 1.68. The molecule has 2 aromatic rings. The van der Waals surface area contributed by atoms with Gasteiger partial charge in [0.05, 0.1) is 4.91 Å². The zero-order valence-electron chi connectivity index (χ0n) is 23.0. The van der Waals surface area contributed by atoms with Crippen LogP contribution in [0.2, 0.25) is 0 Å². The van der Waals surface area contributed by atoms with Crippen LogP contribution in [-0.2, 0) is 4.79 Å². The Kier molecular flexibility index (Phi) is 7.33. The quantitative estimate of drug-likeness (QED) is 0.479. The van der Waals surface area contributed by atoms with Crippen molar-refractivity contribution in [1.29, 1.82) is 0 Å². The van der Waals surface area contributed by atoms with E-state index in [2.05, 4.69) is 29.6 Å². The molecule has 0 radical (unpaired) electrons. The molecule has 2 aliphatic carbocycles. The number of carbonyl (C=O) groups excluding carboxylic acids is 2. The first kappa shape index (κ1) is 26.3. The summed E-state index contributed by atoms with van der Waals surface area (Å²) in [6.07, 6.45) is 7.48. The number of hydrogen-bond donors (Lipinski definition) is 2. The van der Waals surface area contributed by atoms with Gasteiger partial charge in [-0.05, 0) is 82.6 Å². The first-order valence-electron chi connectivity index (χ1n) is 14.2. The summed E-state index contributed by atoms with van der Waals surface area (Å²) in [6, 6.07) is 16.0. The topological polar surface area (TPSA) is 73.9 Å². The monoisotopic (exact) mass is 546 g/mol. The minimum absolute atomic E-state index is 0.0192. The maximum atomic E-state index is 13.7. The molecule has 5 atom stereocenters. The van der Waals surface area contributed by atoms with Crippen LogP contribution in [0, 0.1) is 12.8 Å². The highest BCUT2D eigenvalue weighted by Crippen LogP contribution is 2.52. The van der Waals surface area contributed by atoms with E-state index in [1.807, 2.05) is 60.4 Å². The van der Waals surface area contributed by atoms with Crippen LogP contribution < -0.4 is 20.3 Å². The number of para-hydroxylation sites is 1. The lowest BCUT2D eigenvalue weighted by atomic mass is 9.79. The molecule has 0 aromatic heterocycles. The zero-order valence-corrected chi connectivity index (χ0v) is 23.8. The zero-order chi connectivity index (χ0) is 27.1. The second kappa shape index (κ2) is 10.9. The van der Waals surface area contributed by atoms with Gasteiger partial charge in [0, 0.05) is 40.7 Å². The molecule has 3 fully saturated rings. The molecule has 1 saturated heterocycles. The highest BCUT2D eigenvalue weighted by molar-refractivity contribution is 8.04. The molecule has 4 aliphatic rings. The van der Waals surface area contributed by atoms with E-state index in [9.17, 15) is 9.59 Å². The Morgan fingerprint density at radius 1 is 1.03 bits per heavy atom. The van der Waals surface area contributed by atoms with Crippen molar-refractivity contribution in [3.05, 3.63) is 64.7 Å². The average Bonchev–Trinajstić information content (AvgIpc) is 3.30. The number of anilines is 1. The summed E-state index contributed by atoms with van der Waals surface area (Å²) in [5, 5.41) is 6.85. The van der Waals surface area contributed by atoms with Gasteiger partial charge in [0.1, 0.15) is 11.5 Å². The molecule has 2 aliphatic heterocycles. The van der Waals surface area contributed by atoms with E-state index >= 15 is 0 Å². The van der Waals surface area contributed by atoms with Crippen molar-refractivity contribution in [2.24, 2.45) is 5.92 Å². The van der Waals surface area contributed by atoms with Crippen LogP contribution in [0.1, 0.15) is 50.5 Å². The lowest BCUT2D eigenvalue weighted by Crippen LogP contribution is -2.59. The van der Waals surface area contributed by atoms with E-state index in [1.54, 1.807) is 11.8 Å². The van der Waals surface area contributed by atoms with Gasteiger partial charge in [-0.1, -0.05) is 37.5 Å². The van der Waals surface area contributed by atoms with Gasteiger partial charge in [-0.15, -0.1) is 11.8 Å². The fourth-order valence-corrected chi connectivity index (χ4v) is 8.48. The van der Waals surface area contributed by atoms with Crippen molar-refractivity contribution in [3.63, 3.8) is 0 Å². The van der Waals surface area contributed by atoms with Gasteiger partial charge in [0.15, 0.2) is 0 Å². The predicted molar refractivity (Wildman–Crippen MR) is 156 cm³/mol. The standard InChI is InChI=1S/C31H38N4O3S/c1-19-18-21(38-20-10-5-4-6-11-20)16-17-23(19)35-25-14-9-15-26-27(25)28(33-31(35)37)29(39-26)30(36)32-22-12-7-8-13-24(22)34(2)3/h4-6,10-11,16-18,22,24-27H,7-9,12-15H2,1-3H3,(H,32,36)(H,33,37)/t22-,24+,25?,26?,27?/m1/s1. The van der Waals surface area contributed by atoms with Gasteiger partial charge in [-0.3, -0.25) is 9.69 Å². The fourth-order valence-electron chi connectivity index (χ4n) is 6.95. The number of amides is 3. The average molecular weight is 547 g/mol. The van der Waals surface area contributed by atoms with Gasteiger partial charge in [0.25, 0.3) is 5.91 Å². The third kappa shape index (κ3) is 5.05. The molecule has 0 spiro atoms. The highest BCUT2D eigenvalue weighted by Gasteiger charge is 2.52. The Balaban J connectivity index is 1.24. The maximum absolute atomic E-state index is 13.7. The highest BCUT2D eigenvalue weighted by atomic mass is 32.2. The number of benzene rings is 2. The summed E-state index contributed by atoms with van der Waals surface area (Å²) in [4.78, 5) is 32.2. The minimum atomic E-state index is -0.150. The molecule has 0 bridgehead atoms. The molecule has 6 rings (SSSR count). The molecule has 39 heavy (non-hydrogen) atoms. The molecular formula is C31H38N4O3S. The molecule has 2 saturated carbocycles. The summed E-state index contributed by atoms with van der Waals surface area (Å²) in [5.41, 5.74) is 2.73. The maximum Gasteiger partial charge on any atom is 0.326 e. The third-order valence-corrected chi connectivity index (χ3v) is 10.2. The number of thioether (sulfide) groups is 1. The van der Waals surface area contributed by atoms with E-state index in [4.69, 9.17) is 4.74 Å². The number of nitrogens with one attached hydrogen (secondary N) is 2. The molecular weight excluding hydrogens is 508 g/mol. The van der Waals surface area contributed by atoms with E-state index < -0.39 is 0 Å². The van der Waals surface area contributed by atoms with Crippen molar-refractivity contribution in [3.8, 4) is 11.5 Å². The van der Waals surface area contributed by atoms with Gasteiger partial charge >= 0.3 is 6.03 Å². The lowest BCUT2D eigenvalue weighted by Gasteiger charge is -2.46. The lowest BCUT2D eigenvalue weighted by molar-refractivity contribution is -0.118. The minimum Gasteiger partial charge on any atom is -0.457 e. The Morgan fingerprint density at radius 3 is 2.59 bits per heavy atom. The first-order valence-corrected chi connectivity index (χ1v) is 15.1. The molecule has 3 amide bonds. The number of aryl methyl sites for hydroxylation is 1. The van der Waals surface area contributed by atoms with Crippen LogP contribution in [0.15, 0.2) is 59.1 Å². The molecule has 8 heteroatoms. The van der Waals surface area contributed by atoms with E-state index in [0.29, 0.717) is 11.3 Å². The number of carbonyl (C=O) groups is 2. The number of likely N-dealkylation sites (N-methyl/N-ethyl adjacent to an activating group) is 1. The summed E-state index contributed by atoms with van der Waals surface area (Å²) < 4.78 is 6.03. The smallest absolute Gasteiger partial charge is 0.326 e. The number of rotatable bonds is 6. The summed E-state index contributed by atoms with van der Waals surface area (Å²) in [6.45, 7) is 2.03. The van der Waals surface area contributed by atoms with Crippen molar-refractivity contribution in [2.45, 2.75) is 75.2 Å². The first-order chi connectivity index (χ1) is 18.9. The number of ether oxygens (including phenoxy) is 1. The Bertz CT molecular complexity index is 1280. The number of nitrogens with zero attached hydrogens (tertiary/aromatic N) is 2. The SMILES string of the molecule is Cc1cc(Oc2ccccc2)ccc1N1C(=O)NC2=C(C(=O)N[C@@H]3CCCC[C@@H]3N(C)C)SC3CCCC1C23. The molecule has 2 heterocycles. The van der Waals surface area contributed by atoms with Gasteiger partial charge < -0.3 is 20.3 Å². The Hall–Kier alpha value is -2.97. The molecule has 206 valence electrons. The van der Waals surface area contributed by atoms with Crippen LogP contribution in [0.3, 0.4) is 0 Å². The van der Waals surface area contributed by atoms with Crippen LogP contribution in [-0.4, -0.2) is 54.3 Å². The summed E-state index contributed by atoms with van der Waals surface area (Å²) in [7, 11) is 4.19. The number of hydrogen-bond acceptors (Lipinski definition) is 5. The van der Waals surface area contributed by atoms with E-state index in [1.165, 1.54) is 6.42 Å². The van der Waals surface area contributed by atoms with Crippen LogP contribution >= 0.6 is 11.8 Å². The Labute approximate surface area is 235 Å². The largest absolute Gasteiger partial charge is 0.457 e. The van der Waals surface area contributed by atoms with Crippen molar-refractivity contribution in [1.82, 2.24) is 15.5 Å². The van der Waals surface area contributed by atoms with E-state index in [-0.39, 0.29) is 29.9 Å². The molecule has 3 unspecified atom stereocenters. The van der Waals surface area contributed by atoms with Crippen molar-refractivity contribution >= 4 is 29.4 Å². The molecule has 7 nitrogen and oxygen atoms in total. The second-order valence-electron chi connectivity index (χ2n) is 11.5. The second-order valence-corrected chi connectivity index (χ2v) is 12.7. The van der Waals surface area contributed by atoms with Crippen molar-refractivity contribution < 1.29 is 14.3 Å². The van der Waals surface area contributed by atoms with Crippen LogP contribution in [0.4, 0.5) is 10.5 Å². The van der Waals surface area contributed by atoms with Crippen LogP contribution in [0.25, 0.3) is 0 Å². The molecule has 2 N–H and O–H groups in total. The third-order valence-electron chi connectivity index (χ3n) is 8.77. The Morgan fingerprint density at radius 2 is 1.82 bits per heavy atom. The van der Waals surface area contributed by atoms with Crippen LogP contribution in [0.5, 0.6) is 11.5 Å². The van der Waals surface area contributed by atoms with E-state index in [0.717, 1.165) is 71.9 Å². The normalized spacial score (nSPS) is 28.3. The molecule has 2 aromatic carbocycles. The van der Waals surface area contributed by atoms with Gasteiger partial charge in [0.2, 0.25) is 0 Å². The number of urea groups is 1. The fraction of sp³-hybridized carbons (Fsp3) is 0.484. The predicted octanol–water partition coefficient (Wildman–Crippen LogP) is 5.80. The van der Waals surface area contributed by atoms with Gasteiger partial charge in [-0.25, -0.2) is 4.79 Å². The van der Waals surface area contributed by atoms with Crippen molar-refractivity contribution in [2.75, 3.05) is 19.0 Å². The summed E-state index contributed by atoms with van der Waals surface area (Å²) in [5.74, 6) is 1.65. The van der Waals surface area contributed by atoms with Gasteiger partial charge in [-0.2, -0.15) is 0 Å².